The Hall–Kier alpha value is -5.92. The van der Waals surface area contributed by atoms with Gasteiger partial charge in [-0.25, -0.2) is 0 Å². The molecule has 0 aliphatic heterocycles. The van der Waals surface area contributed by atoms with Crippen molar-refractivity contribution in [3.05, 3.63) is 208 Å². The molecular weight excluding hydrogens is 639 g/mol. The standard InChI is InChI=1S/C52H43N/c1-51(2)45-23-12-10-19-41(45)43-31-30-38(33-47(43)51)53(48-32-27-34-15-8-9-18-39(34)49(48)36-16-6-5-7-17-36)37-28-25-35(26-29-37)40-21-14-22-44-42-20-11-13-24-46(42)52(3,4)50(40)44/h5-26,28-31,33H,27,32H2,1-4H3. The maximum Gasteiger partial charge on any atom is 0.0462 e. The average Bonchev–Trinajstić information content (AvgIpc) is 3.58. The molecular formula is C52H43N. The minimum atomic E-state index is -0.0919. The molecule has 0 spiro atoms. The van der Waals surface area contributed by atoms with Crippen LogP contribution in [0.1, 0.15) is 73.1 Å². The van der Waals surface area contributed by atoms with Crippen molar-refractivity contribution >= 4 is 16.9 Å². The van der Waals surface area contributed by atoms with E-state index in [1.807, 2.05) is 0 Å². The fraction of sp³-hybridized carbons (Fsp3) is 0.154. The first-order valence-electron chi connectivity index (χ1n) is 19.1. The highest BCUT2D eigenvalue weighted by Gasteiger charge is 2.38. The van der Waals surface area contributed by atoms with Crippen LogP contribution in [0.5, 0.6) is 0 Å². The third-order valence-electron chi connectivity index (χ3n) is 12.4. The van der Waals surface area contributed by atoms with Gasteiger partial charge in [0, 0.05) is 33.5 Å². The van der Waals surface area contributed by atoms with Gasteiger partial charge in [-0.2, -0.15) is 0 Å². The minimum absolute atomic E-state index is 0.0765. The lowest BCUT2D eigenvalue weighted by Crippen LogP contribution is -2.23. The van der Waals surface area contributed by atoms with E-state index in [0.29, 0.717) is 0 Å². The Kier molecular flexibility index (Phi) is 7.08. The molecule has 3 aliphatic rings. The number of allylic oxidation sites excluding steroid dienone is 1. The van der Waals surface area contributed by atoms with Crippen LogP contribution >= 0.6 is 0 Å². The van der Waals surface area contributed by atoms with Gasteiger partial charge in [0.25, 0.3) is 0 Å². The predicted octanol–water partition coefficient (Wildman–Crippen LogP) is 13.5. The summed E-state index contributed by atoms with van der Waals surface area (Å²) in [7, 11) is 0. The monoisotopic (exact) mass is 681 g/mol. The average molecular weight is 682 g/mol. The number of anilines is 2. The number of nitrogens with zero attached hydrogens (tertiary/aromatic N) is 1. The Bertz CT molecular complexity index is 2600. The third-order valence-corrected chi connectivity index (χ3v) is 12.4. The maximum absolute atomic E-state index is 2.57. The van der Waals surface area contributed by atoms with Crippen molar-refractivity contribution in [3.8, 4) is 33.4 Å². The fourth-order valence-electron chi connectivity index (χ4n) is 9.84. The molecule has 0 bridgehead atoms. The Morgan fingerprint density at radius 3 is 1.72 bits per heavy atom. The third kappa shape index (κ3) is 4.76. The molecule has 0 radical (unpaired) electrons. The van der Waals surface area contributed by atoms with Crippen LogP contribution in [0.25, 0.3) is 39.0 Å². The van der Waals surface area contributed by atoms with E-state index in [1.165, 1.54) is 95.0 Å². The molecule has 0 amide bonds. The lowest BCUT2D eigenvalue weighted by molar-refractivity contribution is 0.660. The fourth-order valence-corrected chi connectivity index (χ4v) is 9.84. The second-order valence-corrected chi connectivity index (χ2v) is 16.0. The maximum atomic E-state index is 2.57. The number of benzene rings is 7. The summed E-state index contributed by atoms with van der Waals surface area (Å²) in [5.74, 6) is 0. The summed E-state index contributed by atoms with van der Waals surface area (Å²) >= 11 is 0. The summed E-state index contributed by atoms with van der Waals surface area (Å²) in [6.45, 7) is 9.52. The lowest BCUT2D eigenvalue weighted by Gasteiger charge is -2.35. The molecule has 0 N–H and O–H groups in total. The van der Waals surface area contributed by atoms with Crippen molar-refractivity contribution in [1.29, 1.82) is 0 Å². The molecule has 0 aromatic heterocycles. The molecule has 53 heavy (non-hydrogen) atoms. The SMILES string of the molecule is CC1(C)c2ccccc2-c2ccc(N(C3=C(c4ccccc4)c4ccccc4CC3)c3ccc(-c4cccc5c4C(C)(C)c4ccccc4-5)cc3)cc21. The molecule has 0 heterocycles. The zero-order valence-electron chi connectivity index (χ0n) is 30.9. The second-order valence-electron chi connectivity index (χ2n) is 16.0. The van der Waals surface area contributed by atoms with Crippen molar-refractivity contribution in [2.75, 3.05) is 4.90 Å². The Morgan fingerprint density at radius 1 is 0.396 bits per heavy atom. The van der Waals surface area contributed by atoms with Crippen molar-refractivity contribution in [2.45, 2.75) is 51.4 Å². The largest absolute Gasteiger partial charge is 0.314 e. The van der Waals surface area contributed by atoms with E-state index in [0.717, 1.165) is 12.8 Å². The summed E-state index contributed by atoms with van der Waals surface area (Å²) in [5.41, 5.74) is 22.5. The van der Waals surface area contributed by atoms with Crippen LogP contribution in [0.3, 0.4) is 0 Å². The van der Waals surface area contributed by atoms with Crippen molar-refractivity contribution < 1.29 is 0 Å². The van der Waals surface area contributed by atoms with Crippen LogP contribution in [0.2, 0.25) is 0 Å². The molecule has 7 aromatic carbocycles. The van der Waals surface area contributed by atoms with Gasteiger partial charge in [0.15, 0.2) is 0 Å². The van der Waals surface area contributed by atoms with Crippen LogP contribution in [0, 0.1) is 0 Å². The normalized spacial score (nSPS) is 15.6. The smallest absolute Gasteiger partial charge is 0.0462 e. The lowest BCUT2D eigenvalue weighted by atomic mass is 9.79. The Balaban J connectivity index is 1.17. The number of hydrogen-bond acceptors (Lipinski definition) is 1. The summed E-state index contributed by atoms with van der Waals surface area (Å²) in [4.78, 5) is 2.57. The highest BCUT2D eigenvalue weighted by Crippen LogP contribution is 2.53. The number of hydrogen-bond donors (Lipinski definition) is 0. The first kappa shape index (κ1) is 31.8. The van der Waals surface area contributed by atoms with Gasteiger partial charge in [-0.3, -0.25) is 0 Å². The van der Waals surface area contributed by atoms with Crippen LogP contribution < -0.4 is 4.90 Å². The molecule has 0 atom stereocenters. The zero-order valence-corrected chi connectivity index (χ0v) is 30.9. The van der Waals surface area contributed by atoms with Gasteiger partial charge in [-0.05, 0) is 109 Å². The van der Waals surface area contributed by atoms with Crippen LogP contribution in [-0.2, 0) is 17.3 Å². The van der Waals surface area contributed by atoms with E-state index in [9.17, 15) is 0 Å². The molecule has 1 nitrogen and oxygen atoms in total. The van der Waals surface area contributed by atoms with Crippen LogP contribution in [0.15, 0.2) is 169 Å². The number of rotatable bonds is 5. The molecule has 0 unspecified atom stereocenters. The molecule has 0 saturated heterocycles. The van der Waals surface area contributed by atoms with E-state index in [4.69, 9.17) is 0 Å². The van der Waals surface area contributed by atoms with Gasteiger partial charge >= 0.3 is 0 Å². The Morgan fingerprint density at radius 2 is 0.962 bits per heavy atom. The van der Waals surface area contributed by atoms with E-state index >= 15 is 0 Å². The molecule has 3 aliphatic carbocycles. The summed E-state index contributed by atoms with van der Waals surface area (Å²) in [6, 6.07) is 61.3. The van der Waals surface area contributed by atoms with Crippen LogP contribution in [0.4, 0.5) is 11.4 Å². The Labute approximate surface area is 313 Å². The summed E-state index contributed by atoms with van der Waals surface area (Å²) < 4.78 is 0. The quantitative estimate of drug-likeness (QED) is 0.175. The number of aryl methyl sites for hydroxylation is 1. The first-order chi connectivity index (χ1) is 25.8. The van der Waals surface area contributed by atoms with E-state index in [2.05, 4.69) is 196 Å². The van der Waals surface area contributed by atoms with Crippen molar-refractivity contribution in [1.82, 2.24) is 0 Å². The summed E-state index contributed by atoms with van der Waals surface area (Å²) in [6.07, 6.45) is 1.95. The van der Waals surface area contributed by atoms with E-state index < -0.39 is 0 Å². The second kappa shape index (κ2) is 11.8. The van der Waals surface area contributed by atoms with Crippen LogP contribution in [-0.4, -0.2) is 0 Å². The van der Waals surface area contributed by atoms with Gasteiger partial charge in [-0.1, -0.05) is 167 Å². The highest BCUT2D eigenvalue weighted by atomic mass is 15.2. The van der Waals surface area contributed by atoms with Gasteiger partial charge < -0.3 is 4.90 Å². The molecule has 10 rings (SSSR count). The highest BCUT2D eigenvalue weighted by molar-refractivity contribution is 5.92. The van der Waals surface area contributed by atoms with Gasteiger partial charge in [-0.15, -0.1) is 0 Å². The van der Waals surface area contributed by atoms with Gasteiger partial charge in [0.2, 0.25) is 0 Å². The first-order valence-corrected chi connectivity index (χ1v) is 19.1. The predicted molar refractivity (Wildman–Crippen MR) is 223 cm³/mol. The summed E-state index contributed by atoms with van der Waals surface area (Å²) in [5, 5.41) is 0. The number of fused-ring (bicyclic) bond motifs is 7. The molecule has 1 heteroatoms. The van der Waals surface area contributed by atoms with E-state index in [-0.39, 0.29) is 10.8 Å². The van der Waals surface area contributed by atoms with Crippen molar-refractivity contribution in [3.63, 3.8) is 0 Å². The minimum Gasteiger partial charge on any atom is -0.314 e. The molecule has 256 valence electrons. The van der Waals surface area contributed by atoms with Crippen molar-refractivity contribution in [2.24, 2.45) is 0 Å². The molecule has 0 fully saturated rings. The molecule has 0 saturated carbocycles. The van der Waals surface area contributed by atoms with Gasteiger partial charge in [0.1, 0.15) is 0 Å². The molecule has 7 aromatic rings. The topological polar surface area (TPSA) is 3.24 Å². The van der Waals surface area contributed by atoms with E-state index in [1.54, 1.807) is 0 Å². The van der Waals surface area contributed by atoms with Gasteiger partial charge in [0.05, 0.1) is 0 Å². The zero-order chi connectivity index (χ0) is 35.9.